The van der Waals surface area contributed by atoms with Crippen LogP contribution in [0.4, 0.5) is 0 Å². The first-order chi connectivity index (χ1) is 8.31. The zero-order valence-corrected chi connectivity index (χ0v) is 10.4. The number of hydrogen-bond donors (Lipinski definition) is 1. The molecule has 1 atom stereocenters. The molecule has 1 aliphatic heterocycles. The second-order valence-electron chi connectivity index (χ2n) is 4.21. The van der Waals surface area contributed by atoms with Gasteiger partial charge in [0.25, 0.3) is 0 Å². The summed E-state index contributed by atoms with van der Waals surface area (Å²) >= 11 is 0. The highest BCUT2D eigenvalue weighted by Crippen LogP contribution is 2.24. The average Bonchev–Trinajstić information content (AvgIpc) is 2.85. The van der Waals surface area contributed by atoms with E-state index < -0.39 is 0 Å². The van der Waals surface area contributed by atoms with Gasteiger partial charge in [-0.05, 0) is 26.0 Å². The monoisotopic (exact) mass is 233 g/mol. The van der Waals surface area contributed by atoms with Gasteiger partial charge in [-0.2, -0.15) is 0 Å². The zero-order valence-electron chi connectivity index (χ0n) is 10.4. The molecule has 1 aromatic rings. The molecule has 2 rings (SSSR count). The largest absolute Gasteiger partial charge is 0.496 e. The standard InChI is InChI=1S/C13H19N3O/c1-3-6-14-13(12-5-4-7-17-12)11-9-15-10(2)8-16-11/h5,8-9,13-14H,3-4,6-7H2,1-2H3. The molecule has 0 saturated heterocycles. The van der Waals surface area contributed by atoms with Crippen molar-refractivity contribution in [1.29, 1.82) is 0 Å². The fraction of sp³-hybridized carbons (Fsp3) is 0.538. The minimum atomic E-state index is 0.0468. The number of nitrogens with zero attached hydrogens (tertiary/aromatic N) is 2. The molecule has 4 heteroatoms. The van der Waals surface area contributed by atoms with E-state index in [0.717, 1.165) is 43.1 Å². The number of aromatic nitrogens is 2. The van der Waals surface area contributed by atoms with E-state index in [1.165, 1.54) is 0 Å². The van der Waals surface area contributed by atoms with Crippen molar-refractivity contribution in [3.63, 3.8) is 0 Å². The first kappa shape index (κ1) is 12.0. The molecule has 0 radical (unpaired) electrons. The van der Waals surface area contributed by atoms with Crippen LogP contribution < -0.4 is 5.32 Å². The van der Waals surface area contributed by atoms with Crippen LogP contribution in [-0.2, 0) is 4.74 Å². The van der Waals surface area contributed by atoms with E-state index in [0.29, 0.717) is 0 Å². The summed E-state index contributed by atoms with van der Waals surface area (Å²) in [6.45, 7) is 5.81. The Morgan fingerprint density at radius 3 is 2.88 bits per heavy atom. The average molecular weight is 233 g/mol. The van der Waals surface area contributed by atoms with Gasteiger partial charge in [0.15, 0.2) is 0 Å². The Kier molecular flexibility index (Phi) is 4.09. The van der Waals surface area contributed by atoms with Crippen LogP contribution in [0.2, 0.25) is 0 Å². The third-order valence-electron chi connectivity index (χ3n) is 2.71. The Hall–Kier alpha value is -1.42. The molecule has 92 valence electrons. The Bertz CT molecular complexity index is 386. The molecule has 0 fully saturated rings. The van der Waals surface area contributed by atoms with Gasteiger partial charge in [0.2, 0.25) is 0 Å². The lowest BCUT2D eigenvalue weighted by molar-refractivity contribution is 0.214. The summed E-state index contributed by atoms with van der Waals surface area (Å²) in [5, 5.41) is 3.45. The van der Waals surface area contributed by atoms with Gasteiger partial charge in [0.05, 0.1) is 24.2 Å². The summed E-state index contributed by atoms with van der Waals surface area (Å²) in [6.07, 6.45) is 7.83. The molecule has 1 aromatic heterocycles. The molecule has 1 N–H and O–H groups in total. The summed E-state index contributed by atoms with van der Waals surface area (Å²) in [5.74, 6) is 0.983. The van der Waals surface area contributed by atoms with Crippen LogP contribution in [0.15, 0.2) is 24.2 Å². The van der Waals surface area contributed by atoms with E-state index in [-0.39, 0.29) is 6.04 Å². The van der Waals surface area contributed by atoms with Crippen molar-refractivity contribution >= 4 is 0 Å². The number of rotatable bonds is 5. The van der Waals surface area contributed by atoms with E-state index in [4.69, 9.17) is 4.74 Å². The van der Waals surface area contributed by atoms with Crippen molar-refractivity contribution in [3.8, 4) is 0 Å². The van der Waals surface area contributed by atoms with Crippen LogP contribution in [0.1, 0.15) is 37.2 Å². The number of nitrogens with one attached hydrogen (secondary N) is 1. The molecular weight excluding hydrogens is 214 g/mol. The van der Waals surface area contributed by atoms with Gasteiger partial charge in [0, 0.05) is 12.6 Å². The highest BCUT2D eigenvalue weighted by Gasteiger charge is 2.21. The molecule has 17 heavy (non-hydrogen) atoms. The van der Waals surface area contributed by atoms with Crippen LogP contribution in [0, 0.1) is 6.92 Å². The van der Waals surface area contributed by atoms with Crippen molar-refractivity contribution in [2.24, 2.45) is 0 Å². The maximum Gasteiger partial charge on any atom is 0.115 e. The summed E-state index contributed by atoms with van der Waals surface area (Å²) < 4.78 is 5.63. The number of aryl methyl sites for hydroxylation is 1. The first-order valence-electron chi connectivity index (χ1n) is 6.16. The molecule has 0 aliphatic carbocycles. The van der Waals surface area contributed by atoms with E-state index in [1.807, 2.05) is 13.1 Å². The molecule has 4 nitrogen and oxygen atoms in total. The maximum absolute atomic E-state index is 5.63. The molecule has 1 aliphatic rings. The van der Waals surface area contributed by atoms with E-state index >= 15 is 0 Å². The molecule has 1 unspecified atom stereocenters. The third-order valence-corrected chi connectivity index (χ3v) is 2.71. The second kappa shape index (κ2) is 5.77. The smallest absolute Gasteiger partial charge is 0.115 e. The van der Waals surface area contributed by atoms with Crippen molar-refractivity contribution in [3.05, 3.63) is 35.6 Å². The Balaban J connectivity index is 2.16. The normalized spacial score (nSPS) is 16.5. The number of ether oxygens (including phenoxy) is 1. The number of hydrogen-bond acceptors (Lipinski definition) is 4. The van der Waals surface area contributed by atoms with Crippen LogP contribution >= 0.6 is 0 Å². The van der Waals surface area contributed by atoms with Gasteiger partial charge < -0.3 is 10.1 Å². The quantitative estimate of drug-likeness (QED) is 0.846. The fourth-order valence-electron chi connectivity index (χ4n) is 1.83. The lowest BCUT2D eigenvalue weighted by Gasteiger charge is -2.18. The van der Waals surface area contributed by atoms with Gasteiger partial charge in [-0.15, -0.1) is 0 Å². The fourth-order valence-corrected chi connectivity index (χ4v) is 1.83. The third kappa shape index (κ3) is 3.03. The first-order valence-corrected chi connectivity index (χ1v) is 6.16. The topological polar surface area (TPSA) is 47.0 Å². The summed E-state index contributed by atoms with van der Waals surface area (Å²) in [5.41, 5.74) is 1.86. The van der Waals surface area contributed by atoms with Crippen molar-refractivity contribution < 1.29 is 4.74 Å². The van der Waals surface area contributed by atoms with Crippen molar-refractivity contribution in [1.82, 2.24) is 15.3 Å². The summed E-state index contributed by atoms with van der Waals surface area (Å²) in [7, 11) is 0. The molecule has 0 saturated carbocycles. The maximum atomic E-state index is 5.63. The van der Waals surface area contributed by atoms with Crippen LogP contribution in [0.25, 0.3) is 0 Å². The molecule has 0 aromatic carbocycles. The minimum Gasteiger partial charge on any atom is -0.496 e. The SMILES string of the molecule is CCCNC(C1=CCCO1)c1cnc(C)cn1. The zero-order chi connectivity index (χ0) is 12.1. The summed E-state index contributed by atoms with van der Waals surface area (Å²) in [6, 6.07) is 0.0468. The highest BCUT2D eigenvalue weighted by molar-refractivity contribution is 5.18. The molecular formula is C13H19N3O. The Morgan fingerprint density at radius 1 is 1.41 bits per heavy atom. The molecule has 0 amide bonds. The predicted octanol–water partition coefficient (Wildman–Crippen LogP) is 2.13. The molecule has 0 bridgehead atoms. The van der Waals surface area contributed by atoms with Crippen LogP contribution in [-0.4, -0.2) is 23.1 Å². The van der Waals surface area contributed by atoms with Crippen molar-refractivity contribution in [2.75, 3.05) is 13.2 Å². The van der Waals surface area contributed by atoms with Gasteiger partial charge >= 0.3 is 0 Å². The van der Waals surface area contributed by atoms with Gasteiger partial charge in [0.1, 0.15) is 11.8 Å². The van der Waals surface area contributed by atoms with Crippen LogP contribution in [0.3, 0.4) is 0 Å². The second-order valence-corrected chi connectivity index (χ2v) is 4.21. The predicted molar refractivity (Wildman–Crippen MR) is 66.5 cm³/mol. The van der Waals surface area contributed by atoms with E-state index in [9.17, 15) is 0 Å². The van der Waals surface area contributed by atoms with Gasteiger partial charge in [-0.1, -0.05) is 6.92 Å². The highest BCUT2D eigenvalue weighted by atomic mass is 16.5. The van der Waals surface area contributed by atoms with Crippen molar-refractivity contribution in [2.45, 2.75) is 32.7 Å². The molecule has 0 spiro atoms. The van der Waals surface area contributed by atoms with Gasteiger partial charge in [-0.25, -0.2) is 0 Å². The van der Waals surface area contributed by atoms with E-state index in [2.05, 4.69) is 28.3 Å². The molecule has 2 heterocycles. The summed E-state index contributed by atoms with van der Waals surface area (Å²) in [4.78, 5) is 8.72. The lowest BCUT2D eigenvalue weighted by atomic mass is 10.1. The Labute approximate surface area is 102 Å². The lowest BCUT2D eigenvalue weighted by Crippen LogP contribution is -2.25. The van der Waals surface area contributed by atoms with E-state index in [1.54, 1.807) is 6.20 Å². The van der Waals surface area contributed by atoms with Crippen LogP contribution in [0.5, 0.6) is 0 Å². The minimum absolute atomic E-state index is 0.0468. The Morgan fingerprint density at radius 2 is 2.29 bits per heavy atom. The van der Waals surface area contributed by atoms with Gasteiger partial charge in [-0.3, -0.25) is 9.97 Å².